The Morgan fingerprint density at radius 1 is 1.42 bits per heavy atom. The molecular formula is C16H25N5O3. The molecule has 2 fully saturated rings. The Morgan fingerprint density at radius 2 is 2.17 bits per heavy atom. The topological polar surface area (TPSA) is 97.3 Å². The van der Waals surface area contributed by atoms with Crippen molar-refractivity contribution in [3.05, 3.63) is 12.4 Å². The van der Waals surface area contributed by atoms with Crippen molar-refractivity contribution in [1.82, 2.24) is 20.4 Å². The van der Waals surface area contributed by atoms with E-state index in [1.54, 1.807) is 24.2 Å². The second kappa shape index (κ2) is 7.31. The van der Waals surface area contributed by atoms with Crippen LogP contribution >= 0.6 is 0 Å². The summed E-state index contributed by atoms with van der Waals surface area (Å²) in [4.78, 5) is 24.5. The van der Waals surface area contributed by atoms with Crippen LogP contribution in [0, 0.1) is 5.41 Å². The highest BCUT2D eigenvalue weighted by Gasteiger charge is 2.39. The number of carbonyl (C=O) groups excluding carboxylic acids is 2. The van der Waals surface area contributed by atoms with E-state index in [-0.39, 0.29) is 18.4 Å². The van der Waals surface area contributed by atoms with Crippen LogP contribution in [0.5, 0.6) is 0 Å². The Kier molecular flexibility index (Phi) is 5.15. The van der Waals surface area contributed by atoms with E-state index in [0.717, 1.165) is 38.8 Å². The van der Waals surface area contributed by atoms with E-state index in [9.17, 15) is 9.59 Å². The third-order valence-corrected chi connectivity index (χ3v) is 4.60. The quantitative estimate of drug-likeness (QED) is 0.657. The maximum Gasteiger partial charge on any atom is 0.241 e. The Balaban J connectivity index is 1.58. The van der Waals surface area contributed by atoms with E-state index in [2.05, 4.69) is 21.0 Å². The minimum Gasteiger partial charge on any atom is -0.384 e. The highest BCUT2D eigenvalue weighted by atomic mass is 16.5. The van der Waals surface area contributed by atoms with Crippen LogP contribution in [0.15, 0.2) is 12.4 Å². The summed E-state index contributed by atoms with van der Waals surface area (Å²) in [5.41, 5.74) is 0.0964. The Hall–Kier alpha value is -1.93. The van der Waals surface area contributed by atoms with Crippen molar-refractivity contribution >= 4 is 17.5 Å². The molecule has 1 saturated carbocycles. The molecule has 24 heavy (non-hydrogen) atoms. The maximum absolute atomic E-state index is 12.7. The lowest BCUT2D eigenvalue weighted by atomic mass is 9.78. The number of hydrogen-bond donors (Lipinski definition) is 3. The van der Waals surface area contributed by atoms with Crippen LogP contribution in [-0.2, 0) is 20.9 Å². The van der Waals surface area contributed by atoms with Crippen LogP contribution in [0.1, 0.15) is 25.7 Å². The summed E-state index contributed by atoms with van der Waals surface area (Å²) in [6.07, 6.45) is 6.86. The lowest BCUT2D eigenvalue weighted by Crippen LogP contribution is -2.47. The predicted octanol–water partition coefficient (Wildman–Crippen LogP) is 0.116. The summed E-state index contributed by atoms with van der Waals surface area (Å²) in [6.45, 7) is 2.17. The highest BCUT2D eigenvalue weighted by Crippen LogP contribution is 2.30. The lowest BCUT2D eigenvalue weighted by Gasteiger charge is -2.35. The summed E-state index contributed by atoms with van der Waals surface area (Å²) < 4.78 is 6.82. The number of piperidine rings is 1. The van der Waals surface area contributed by atoms with Gasteiger partial charge in [-0.2, -0.15) is 5.10 Å². The molecular weight excluding hydrogens is 310 g/mol. The van der Waals surface area contributed by atoms with E-state index < -0.39 is 5.41 Å². The summed E-state index contributed by atoms with van der Waals surface area (Å²) in [5, 5.41) is 13.3. The van der Waals surface area contributed by atoms with Gasteiger partial charge in [0, 0.05) is 19.3 Å². The first-order valence-electron chi connectivity index (χ1n) is 8.44. The molecule has 2 amide bonds. The predicted molar refractivity (Wildman–Crippen MR) is 88.4 cm³/mol. The van der Waals surface area contributed by atoms with Crippen LogP contribution in [0.25, 0.3) is 0 Å². The minimum atomic E-state index is -0.508. The third kappa shape index (κ3) is 4.12. The number of ether oxygens (including phenoxy) is 1. The van der Waals surface area contributed by atoms with Crippen molar-refractivity contribution in [1.29, 1.82) is 0 Å². The summed E-state index contributed by atoms with van der Waals surface area (Å²) in [7, 11) is 1.62. The fraction of sp³-hybridized carbons (Fsp3) is 0.688. The molecule has 8 nitrogen and oxygen atoms in total. The molecule has 0 radical (unpaired) electrons. The number of carbonyl (C=O) groups is 2. The minimum absolute atomic E-state index is 0.0483. The number of aromatic nitrogens is 2. The van der Waals surface area contributed by atoms with Crippen molar-refractivity contribution in [3.63, 3.8) is 0 Å². The molecule has 3 N–H and O–H groups in total. The number of amides is 2. The average Bonchev–Trinajstić information content (AvgIpc) is 3.27. The van der Waals surface area contributed by atoms with Gasteiger partial charge in [-0.3, -0.25) is 14.3 Å². The van der Waals surface area contributed by atoms with Gasteiger partial charge in [-0.05, 0) is 38.8 Å². The van der Waals surface area contributed by atoms with E-state index in [1.807, 2.05) is 0 Å². The number of methoxy groups -OCH3 is 1. The Morgan fingerprint density at radius 3 is 2.83 bits per heavy atom. The van der Waals surface area contributed by atoms with Gasteiger partial charge >= 0.3 is 0 Å². The molecule has 0 unspecified atom stereocenters. The van der Waals surface area contributed by atoms with Crippen LogP contribution < -0.4 is 16.0 Å². The monoisotopic (exact) mass is 335 g/mol. The molecule has 0 atom stereocenters. The summed E-state index contributed by atoms with van der Waals surface area (Å²) in [6, 6.07) is 0.334. The molecule has 1 aliphatic heterocycles. The molecule has 0 aromatic carbocycles. The molecule has 1 aromatic heterocycles. The van der Waals surface area contributed by atoms with Gasteiger partial charge in [-0.1, -0.05) is 0 Å². The smallest absolute Gasteiger partial charge is 0.241 e. The molecule has 132 valence electrons. The van der Waals surface area contributed by atoms with E-state index >= 15 is 0 Å². The standard InChI is InChI=1S/C16H25N5O3/c1-24-11-16(4-6-17-7-5-16)15(23)20-13-8-18-21(9-13)10-14(22)19-12-2-3-12/h8-9,12,17H,2-7,10-11H2,1H3,(H,19,22)(H,20,23). The van der Waals surface area contributed by atoms with Crippen LogP contribution in [0.4, 0.5) is 5.69 Å². The lowest BCUT2D eigenvalue weighted by molar-refractivity contribution is -0.130. The molecule has 1 aromatic rings. The van der Waals surface area contributed by atoms with Gasteiger partial charge < -0.3 is 20.7 Å². The van der Waals surface area contributed by atoms with Crippen LogP contribution in [-0.4, -0.2) is 54.4 Å². The fourth-order valence-electron chi connectivity index (χ4n) is 3.04. The molecule has 3 rings (SSSR count). The van der Waals surface area contributed by atoms with Crippen molar-refractivity contribution in [2.24, 2.45) is 5.41 Å². The van der Waals surface area contributed by atoms with Crippen LogP contribution in [0.2, 0.25) is 0 Å². The van der Waals surface area contributed by atoms with Gasteiger partial charge in [0.1, 0.15) is 6.54 Å². The zero-order valence-electron chi connectivity index (χ0n) is 14.0. The van der Waals surface area contributed by atoms with Crippen molar-refractivity contribution in [3.8, 4) is 0 Å². The first kappa shape index (κ1) is 16.9. The second-order valence-corrected chi connectivity index (χ2v) is 6.69. The van der Waals surface area contributed by atoms with Gasteiger partial charge in [-0.15, -0.1) is 0 Å². The normalized spacial score (nSPS) is 19.7. The molecule has 1 aliphatic carbocycles. The van der Waals surface area contributed by atoms with E-state index in [4.69, 9.17) is 4.74 Å². The van der Waals surface area contributed by atoms with Gasteiger partial charge in [-0.25, -0.2) is 0 Å². The van der Waals surface area contributed by atoms with E-state index in [1.165, 1.54) is 0 Å². The molecule has 0 bridgehead atoms. The van der Waals surface area contributed by atoms with Gasteiger partial charge in [0.2, 0.25) is 11.8 Å². The Bertz CT molecular complexity index is 585. The first-order chi connectivity index (χ1) is 11.6. The molecule has 1 saturated heterocycles. The SMILES string of the molecule is COCC1(C(=O)Nc2cnn(CC(=O)NC3CC3)c2)CCNCC1. The zero-order valence-corrected chi connectivity index (χ0v) is 14.0. The van der Waals surface area contributed by atoms with E-state index in [0.29, 0.717) is 18.3 Å². The number of rotatable bonds is 7. The number of nitrogens with zero attached hydrogens (tertiary/aromatic N) is 2. The number of anilines is 1. The molecule has 2 heterocycles. The van der Waals surface area contributed by atoms with Gasteiger partial charge in [0.15, 0.2) is 0 Å². The van der Waals surface area contributed by atoms with Gasteiger partial charge in [0.05, 0.1) is 23.9 Å². The molecule has 8 heteroatoms. The summed E-state index contributed by atoms with van der Waals surface area (Å²) in [5.74, 6) is -0.0967. The second-order valence-electron chi connectivity index (χ2n) is 6.69. The largest absolute Gasteiger partial charge is 0.384 e. The first-order valence-corrected chi connectivity index (χ1v) is 8.44. The van der Waals surface area contributed by atoms with Crippen molar-refractivity contribution in [2.75, 3.05) is 32.1 Å². The average molecular weight is 335 g/mol. The van der Waals surface area contributed by atoms with Gasteiger partial charge in [0.25, 0.3) is 0 Å². The Labute approximate surface area is 141 Å². The number of nitrogens with one attached hydrogen (secondary N) is 3. The highest BCUT2D eigenvalue weighted by molar-refractivity contribution is 5.95. The molecule has 2 aliphatic rings. The maximum atomic E-state index is 12.7. The third-order valence-electron chi connectivity index (χ3n) is 4.60. The van der Waals surface area contributed by atoms with Crippen molar-refractivity contribution in [2.45, 2.75) is 38.3 Å². The fourth-order valence-corrected chi connectivity index (χ4v) is 3.04. The van der Waals surface area contributed by atoms with Crippen LogP contribution in [0.3, 0.4) is 0 Å². The zero-order chi connectivity index (χ0) is 17.0. The molecule has 0 spiro atoms. The van der Waals surface area contributed by atoms with Crippen molar-refractivity contribution < 1.29 is 14.3 Å². The number of hydrogen-bond acceptors (Lipinski definition) is 5. The summed E-state index contributed by atoms with van der Waals surface area (Å²) >= 11 is 0.